The molecule has 3 rings (SSSR count). The number of aryl methyl sites for hydroxylation is 1. The highest BCUT2D eigenvalue weighted by Gasteiger charge is 2.18. The number of Topliss-reactive ketones (excluding diaryl/α,β-unsaturated/α-hetero) is 1. The fourth-order valence-electron chi connectivity index (χ4n) is 2.49. The Morgan fingerprint density at radius 3 is 2.63 bits per heavy atom. The second kappa shape index (κ2) is 8.17. The molecule has 0 N–H and O–H groups in total. The summed E-state index contributed by atoms with van der Waals surface area (Å²) in [5, 5.41) is 12.1. The first-order valence-electron chi connectivity index (χ1n) is 7.96. The van der Waals surface area contributed by atoms with Gasteiger partial charge in [0.1, 0.15) is 23.0 Å². The second-order valence-corrected chi connectivity index (χ2v) is 6.55. The molecular weight excluding hydrogens is 371 g/mol. The van der Waals surface area contributed by atoms with Gasteiger partial charge in [0.05, 0.1) is 25.5 Å². The van der Waals surface area contributed by atoms with Crippen LogP contribution in [0.15, 0.2) is 41.6 Å². The van der Waals surface area contributed by atoms with E-state index in [-0.39, 0.29) is 17.1 Å². The van der Waals surface area contributed by atoms with E-state index in [0.717, 1.165) is 23.4 Å². The normalized spacial score (nSPS) is 10.7. The van der Waals surface area contributed by atoms with Crippen LogP contribution in [-0.2, 0) is 0 Å². The molecule has 9 heteroatoms. The largest absolute Gasteiger partial charge is 0.496 e. The molecular formula is C18H17FN4O3S. The lowest BCUT2D eigenvalue weighted by atomic mass is 10.1. The second-order valence-electron chi connectivity index (χ2n) is 5.61. The van der Waals surface area contributed by atoms with Crippen molar-refractivity contribution in [3.8, 4) is 17.2 Å². The number of methoxy groups -OCH3 is 2. The third kappa shape index (κ3) is 4.08. The van der Waals surface area contributed by atoms with Gasteiger partial charge in [0.2, 0.25) is 5.16 Å². The molecule has 3 aromatic rings. The topological polar surface area (TPSA) is 79.1 Å². The lowest BCUT2D eigenvalue weighted by molar-refractivity contribution is 0.101. The van der Waals surface area contributed by atoms with Crippen molar-refractivity contribution in [2.45, 2.75) is 12.1 Å². The van der Waals surface area contributed by atoms with Crippen molar-refractivity contribution >= 4 is 17.5 Å². The molecule has 0 unspecified atom stereocenters. The molecule has 1 heterocycles. The maximum atomic E-state index is 13.5. The number of hydrogen-bond donors (Lipinski definition) is 0. The Morgan fingerprint density at radius 2 is 1.89 bits per heavy atom. The molecule has 7 nitrogen and oxygen atoms in total. The number of tetrazole rings is 1. The molecule has 0 spiro atoms. The van der Waals surface area contributed by atoms with Crippen LogP contribution in [0.25, 0.3) is 5.69 Å². The average Bonchev–Trinajstić information content (AvgIpc) is 3.14. The number of carbonyl (C=O) groups is 1. The fourth-order valence-corrected chi connectivity index (χ4v) is 3.26. The number of ether oxygens (including phenoxy) is 2. The standard InChI is InChI=1S/C18H17FN4O3S/c1-11-4-6-17(26-3)14(8-11)23-18(20-21-22-23)27-10-15(24)13-9-12(19)5-7-16(13)25-2/h4-9H,10H2,1-3H3. The summed E-state index contributed by atoms with van der Waals surface area (Å²) < 4.78 is 25.5. The van der Waals surface area contributed by atoms with Crippen molar-refractivity contribution in [3.05, 3.63) is 53.3 Å². The van der Waals surface area contributed by atoms with Gasteiger partial charge in [-0.15, -0.1) is 5.10 Å². The van der Waals surface area contributed by atoms with E-state index in [2.05, 4.69) is 15.5 Å². The predicted molar refractivity (Wildman–Crippen MR) is 98.4 cm³/mol. The van der Waals surface area contributed by atoms with Crippen molar-refractivity contribution < 1.29 is 18.7 Å². The van der Waals surface area contributed by atoms with E-state index in [9.17, 15) is 9.18 Å². The van der Waals surface area contributed by atoms with Gasteiger partial charge in [-0.3, -0.25) is 4.79 Å². The Morgan fingerprint density at radius 1 is 1.15 bits per heavy atom. The van der Waals surface area contributed by atoms with Crippen LogP contribution in [0.2, 0.25) is 0 Å². The summed E-state index contributed by atoms with van der Waals surface area (Å²) in [6, 6.07) is 9.45. The van der Waals surface area contributed by atoms with E-state index in [1.54, 1.807) is 7.11 Å². The number of benzene rings is 2. The zero-order valence-corrected chi connectivity index (χ0v) is 15.8. The summed E-state index contributed by atoms with van der Waals surface area (Å²) in [7, 11) is 2.99. The number of aromatic nitrogens is 4. The molecule has 0 aliphatic heterocycles. The Balaban J connectivity index is 1.83. The minimum Gasteiger partial charge on any atom is -0.496 e. The van der Waals surface area contributed by atoms with Gasteiger partial charge in [0, 0.05) is 0 Å². The van der Waals surface area contributed by atoms with Crippen molar-refractivity contribution in [3.63, 3.8) is 0 Å². The van der Waals surface area contributed by atoms with Crippen molar-refractivity contribution in [1.82, 2.24) is 20.2 Å². The van der Waals surface area contributed by atoms with Gasteiger partial charge in [0.15, 0.2) is 5.78 Å². The predicted octanol–water partition coefficient (Wildman–Crippen LogP) is 3.10. The molecule has 27 heavy (non-hydrogen) atoms. The van der Waals surface area contributed by atoms with Crippen molar-refractivity contribution in [2.24, 2.45) is 0 Å². The van der Waals surface area contributed by atoms with Crippen LogP contribution >= 0.6 is 11.8 Å². The summed E-state index contributed by atoms with van der Waals surface area (Å²) in [4.78, 5) is 12.5. The Bertz CT molecular complexity index is 977. The van der Waals surface area contributed by atoms with Gasteiger partial charge >= 0.3 is 0 Å². The maximum absolute atomic E-state index is 13.5. The third-order valence-corrected chi connectivity index (χ3v) is 4.72. The Labute approximate surface area is 159 Å². The van der Waals surface area contributed by atoms with Crippen molar-refractivity contribution in [2.75, 3.05) is 20.0 Å². The zero-order valence-electron chi connectivity index (χ0n) is 15.0. The lowest BCUT2D eigenvalue weighted by Gasteiger charge is -2.10. The molecule has 0 fully saturated rings. The lowest BCUT2D eigenvalue weighted by Crippen LogP contribution is -2.08. The Hall–Kier alpha value is -2.94. The summed E-state index contributed by atoms with van der Waals surface area (Å²) in [5.41, 5.74) is 1.86. The number of ketones is 1. The third-order valence-electron chi connectivity index (χ3n) is 3.80. The van der Waals surface area contributed by atoms with Crippen LogP contribution in [0.5, 0.6) is 11.5 Å². The average molecular weight is 388 g/mol. The van der Waals surface area contributed by atoms with Gasteiger partial charge < -0.3 is 9.47 Å². The first kappa shape index (κ1) is 18.8. The van der Waals surface area contributed by atoms with Gasteiger partial charge in [-0.05, 0) is 53.2 Å². The number of rotatable bonds is 7. The van der Waals surface area contributed by atoms with Gasteiger partial charge in [-0.25, -0.2) is 4.39 Å². The molecule has 0 aliphatic carbocycles. The number of carbonyl (C=O) groups excluding carboxylic acids is 1. The summed E-state index contributed by atoms with van der Waals surface area (Å²) >= 11 is 1.15. The van der Waals surface area contributed by atoms with E-state index in [4.69, 9.17) is 9.47 Å². The monoisotopic (exact) mass is 388 g/mol. The van der Waals surface area contributed by atoms with Gasteiger partial charge in [-0.1, -0.05) is 17.8 Å². The maximum Gasteiger partial charge on any atom is 0.214 e. The molecule has 0 bridgehead atoms. The molecule has 140 valence electrons. The highest BCUT2D eigenvalue weighted by molar-refractivity contribution is 7.99. The first-order valence-corrected chi connectivity index (χ1v) is 8.95. The number of halogens is 1. The van der Waals surface area contributed by atoms with E-state index in [1.165, 1.54) is 23.9 Å². The fraction of sp³-hybridized carbons (Fsp3) is 0.222. The van der Waals surface area contributed by atoms with Crippen LogP contribution < -0.4 is 9.47 Å². The quantitative estimate of drug-likeness (QED) is 0.454. The molecule has 2 aromatic carbocycles. The van der Waals surface area contributed by atoms with E-state index in [0.29, 0.717) is 22.3 Å². The van der Waals surface area contributed by atoms with Crippen LogP contribution in [0.4, 0.5) is 4.39 Å². The van der Waals surface area contributed by atoms with Crippen LogP contribution in [0.1, 0.15) is 15.9 Å². The zero-order chi connectivity index (χ0) is 19.4. The van der Waals surface area contributed by atoms with Crippen molar-refractivity contribution in [1.29, 1.82) is 0 Å². The molecule has 0 atom stereocenters. The highest BCUT2D eigenvalue weighted by atomic mass is 32.2. The van der Waals surface area contributed by atoms with Crippen LogP contribution in [0, 0.1) is 12.7 Å². The number of hydrogen-bond acceptors (Lipinski definition) is 7. The minimum absolute atomic E-state index is 0.0221. The molecule has 0 aliphatic rings. The summed E-state index contributed by atoms with van der Waals surface area (Å²) in [5.74, 6) is 0.157. The number of thioether (sulfide) groups is 1. The summed E-state index contributed by atoms with van der Waals surface area (Å²) in [6.45, 7) is 1.94. The minimum atomic E-state index is -0.501. The van der Waals surface area contributed by atoms with Gasteiger partial charge in [0.25, 0.3) is 0 Å². The summed E-state index contributed by atoms with van der Waals surface area (Å²) in [6.07, 6.45) is 0. The Kier molecular flexibility index (Phi) is 5.70. The van der Waals surface area contributed by atoms with E-state index < -0.39 is 5.82 Å². The molecule has 1 aromatic heterocycles. The highest BCUT2D eigenvalue weighted by Crippen LogP contribution is 2.28. The molecule has 0 radical (unpaired) electrons. The van der Waals surface area contributed by atoms with Crippen LogP contribution in [-0.4, -0.2) is 46.0 Å². The smallest absolute Gasteiger partial charge is 0.214 e. The SMILES string of the molecule is COc1ccc(F)cc1C(=O)CSc1nnnn1-c1cc(C)ccc1OC. The van der Waals surface area contributed by atoms with E-state index in [1.807, 2.05) is 25.1 Å². The first-order chi connectivity index (χ1) is 13.0. The van der Waals surface area contributed by atoms with Gasteiger partial charge in [-0.2, -0.15) is 4.68 Å². The van der Waals surface area contributed by atoms with E-state index >= 15 is 0 Å². The molecule has 0 saturated carbocycles. The number of nitrogens with zero attached hydrogens (tertiary/aromatic N) is 4. The molecule has 0 amide bonds. The molecule has 0 saturated heterocycles. The van der Waals surface area contributed by atoms with Crippen LogP contribution in [0.3, 0.4) is 0 Å².